The molecule has 0 spiro atoms. The number of aliphatic hydroxyl groups excluding tert-OH is 1. The number of rotatable bonds is 5. The molecule has 0 unspecified atom stereocenters. The van der Waals surface area contributed by atoms with Crippen LogP contribution in [0.3, 0.4) is 0 Å². The lowest BCUT2D eigenvalue weighted by atomic mass is 9.96. The van der Waals surface area contributed by atoms with Crippen molar-refractivity contribution in [2.24, 2.45) is 0 Å². The summed E-state index contributed by atoms with van der Waals surface area (Å²) in [7, 11) is 2.65. The molecule has 0 aromatic heterocycles. The van der Waals surface area contributed by atoms with Gasteiger partial charge in [0.1, 0.15) is 12.3 Å². The number of ketones is 1. The first-order valence-electron chi connectivity index (χ1n) is 6.87. The maximum Gasteiger partial charge on any atom is 0.325 e. The van der Waals surface area contributed by atoms with Crippen molar-refractivity contribution in [2.45, 2.75) is 13.0 Å². The molecule has 23 heavy (non-hydrogen) atoms. The second kappa shape index (κ2) is 6.51. The molecular formula is C16H17NO6. The van der Waals surface area contributed by atoms with Gasteiger partial charge < -0.3 is 19.5 Å². The number of benzene rings is 1. The van der Waals surface area contributed by atoms with Gasteiger partial charge >= 0.3 is 5.97 Å². The van der Waals surface area contributed by atoms with E-state index in [4.69, 9.17) is 4.74 Å². The Kier molecular flexibility index (Phi) is 4.68. The van der Waals surface area contributed by atoms with Crippen molar-refractivity contribution in [1.29, 1.82) is 0 Å². The summed E-state index contributed by atoms with van der Waals surface area (Å²) in [6.07, 6.45) is 0. The minimum absolute atomic E-state index is 0.0663. The Labute approximate surface area is 133 Å². The minimum Gasteiger partial charge on any atom is -0.503 e. The van der Waals surface area contributed by atoms with E-state index in [1.54, 1.807) is 24.3 Å². The molecule has 1 N–H and O–H groups in total. The average molecular weight is 319 g/mol. The third-order valence-electron chi connectivity index (χ3n) is 3.64. The quantitative estimate of drug-likeness (QED) is 0.818. The first-order chi connectivity index (χ1) is 10.9. The van der Waals surface area contributed by atoms with E-state index in [-0.39, 0.29) is 12.1 Å². The lowest BCUT2D eigenvalue weighted by molar-refractivity contribution is -0.146. The van der Waals surface area contributed by atoms with Crippen LogP contribution in [0.5, 0.6) is 5.75 Å². The number of carbonyl (C=O) groups is 3. The number of para-hydroxylation sites is 1. The van der Waals surface area contributed by atoms with E-state index in [0.717, 1.165) is 4.90 Å². The molecule has 1 amide bonds. The van der Waals surface area contributed by atoms with E-state index in [1.807, 2.05) is 0 Å². The topological polar surface area (TPSA) is 93.1 Å². The highest BCUT2D eigenvalue weighted by Crippen LogP contribution is 2.41. The molecule has 1 atom stereocenters. The van der Waals surface area contributed by atoms with Gasteiger partial charge in [-0.15, -0.1) is 0 Å². The normalized spacial score (nSPS) is 17.4. The molecule has 7 heteroatoms. The van der Waals surface area contributed by atoms with E-state index >= 15 is 0 Å². The van der Waals surface area contributed by atoms with Crippen LogP contribution in [0.25, 0.3) is 0 Å². The average Bonchev–Trinajstić information content (AvgIpc) is 2.79. The molecular weight excluding hydrogens is 302 g/mol. The van der Waals surface area contributed by atoms with Crippen LogP contribution in [0, 0.1) is 0 Å². The summed E-state index contributed by atoms with van der Waals surface area (Å²) in [4.78, 5) is 36.9. The van der Waals surface area contributed by atoms with Gasteiger partial charge in [-0.25, -0.2) is 0 Å². The van der Waals surface area contributed by atoms with E-state index in [2.05, 4.69) is 4.74 Å². The first-order valence-corrected chi connectivity index (χ1v) is 6.87. The van der Waals surface area contributed by atoms with Crippen molar-refractivity contribution in [3.05, 3.63) is 41.2 Å². The monoisotopic (exact) mass is 319 g/mol. The number of esters is 1. The number of carbonyl (C=O) groups excluding carboxylic acids is 3. The van der Waals surface area contributed by atoms with E-state index in [9.17, 15) is 19.5 Å². The lowest BCUT2D eigenvalue weighted by Crippen LogP contribution is -2.36. The molecule has 1 heterocycles. The minimum atomic E-state index is -0.907. The van der Waals surface area contributed by atoms with Crippen LogP contribution in [-0.4, -0.2) is 48.4 Å². The number of nitrogens with zero attached hydrogens (tertiary/aromatic N) is 1. The lowest BCUT2D eigenvalue weighted by Gasteiger charge is -2.26. The Bertz CT molecular complexity index is 694. The van der Waals surface area contributed by atoms with Gasteiger partial charge in [-0.2, -0.15) is 0 Å². The van der Waals surface area contributed by atoms with Gasteiger partial charge in [0.05, 0.1) is 25.8 Å². The van der Waals surface area contributed by atoms with Crippen molar-refractivity contribution in [1.82, 2.24) is 4.90 Å². The fourth-order valence-electron chi connectivity index (χ4n) is 2.60. The number of hydrogen-bond donors (Lipinski definition) is 1. The number of methoxy groups -OCH3 is 2. The fourth-order valence-corrected chi connectivity index (χ4v) is 2.60. The SMILES string of the molecule is COC(=O)CN1C(=O)C(O)=C(C(C)=O)[C@@H]1c1ccccc1OC. The van der Waals surface area contributed by atoms with Gasteiger partial charge in [-0.3, -0.25) is 14.4 Å². The molecule has 0 saturated heterocycles. The molecule has 1 aliphatic rings. The Morgan fingerprint density at radius 2 is 1.91 bits per heavy atom. The maximum atomic E-state index is 12.3. The van der Waals surface area contributed by atoms with Gasteiger partial charge in [0.25, 0.3) is 5.91 Å². The standard InChI is InChI=1S/C16H17NO6/c1-9(18)13-14(10-6-4-5-7-11(10)22-2)17(8-12(19)23-3)16(21)15(13)20/h4-7,14,20H,8H2,1-3H3/t14-/m0/s1. The highest BCUT2D eigenvalue weighted by molar-refractivity contribution is 6.08. The van der Waals surface area contributed by atoms with Crippen LogP contribution in [0.4, 0.5) is 0 Å². The van der Waals surface area contributed by atoms with E-state index < -0.39 is 29.5 Å². The summed E-state index contributed by atoms with van der Waals surface area (Å²) in [5.41, 5.74) is 0.435. The third kappa shape index (κ3) is 2.90. The summed E-state index contributed by atoms with van der Waals surface area (Å²) in [5, 5.41) is 10.1. The summed E-state index contributed by atoms with van der Waals surface area (Å²) >= 11 is 0. The number of ether oxygens (including phenoxy) is 2. The van der Waals surface area contributed by atoms with Crippen molar-refractivity contribution in [3.63, 3.8) is 0 Å². The van der Waals surface area contributed by atoms with E-state index in [0.29, 0.717) is 11.3 Å². The molecule has 1 aromatic carbocycles. The molecule has 1 aromatic rings. The van der Waals surface area contributed by atoms with Gasteiger partial charge in [0, 0.05) is 5.56 Å². The second-order valence-corrected chi connectivity index (χ2v) is 4.97. The Morgan fingerprint density at radius 1 is 1.26 bits per heavy atom. The molecule has 2 rings (SSSR count). The number of hydrogen-bond acceptors (Lipinski definition) is 6. The smallest absolute Gasteiger partial charge is 0.325 e. The molecule has 0 saturated carbocycles. The van der Waals surface area contributed by atoms with Crippen LogP contribution in [0.15, 0.2) is 35.6 Å². The molecule has 1 aliphatic heterocycles. The largest absolute Gasteiger partial charge is 0.503 e. The predicted octanol–water partition coefficient (Wildman–Crippen LogP) is 1.15. The van der Waals surface area contributed by atoms with Gasteiger partial charge in [0.2, 0.25) is 0 Å². The van der Waals surface area contributed by atoms with Gasteiger partial charge in [-0.05, 0) is 13.0 Å². The molecule has 0 fully saturated rings. The molecule has 0 aliphatic carbocycles. The van der Waals surface area contributed by atoms with Crippen LogP contribution >= 0.6 is 0 Å². The zero-order valence-electron chi connectivity index (χ0n) is 13.0. The number of amides is 1. The third-order valence-corrected chi connectivity index (χ3v) is 3.64. The molecule has 0 bridgehead atoms. The fraction of sp³-hybridized carbons (Fsp3) is 0.312. The summed E-state index contributed by atoms with van der Waals surface area (Å²) in [5.74, 6) is -2.13. The Hall–Kier alpha value is -2.83. The second-order valence-electron chi connectivity index (χ2n) is 4.97. The zero-order chi connectivity index (χ0) is 17.1. The highest BCUT2D eigenvalue weighted by atomic mass is 16.5. The summed E-state index contributed by atoms with van der Waals surface area (Å²) in [6, 6.07) is 5.88. The Balaban J connectivity index is 2.58. The van der Waals surface area contributed by atoms with Crippen molar-refractivity contribution in [2.75, 3.05) is 20.8 Å². The summed E-state index contributed by atoms with van der Waals surface area (Å²) in [6.45, 7) is 0.863. The predicted molar refractivity (Wildman–Crippen MR) is 79.8 cm³/mol. The van der Waals surface area contributed by atoms with Crippen LogP contribution < -0.4 is 4.74 Å². The summed E-state index contributed by atoms with van der Waals surface area (Å²) < 4.78 is 9.85. The van der Waals surface area contributed by atoms with Gasteiger partial charge in [0.15, 0.2) is 11.5 Å². The molecule has 122 valence electrons. The molecule has 0 radical (unpaired) electrons. The maximum absolute atomic E-state index is 12.3. The zero-order valence-corrected chi connectivity index (χ0v) is 13.0. The number of Topliss-reactive ketones (excluding diaryl/α,β-unsaturated/α-hetero) is 1. The van der Waals surface area contributed by atoms with Crippen molar-refractivity contribution >= 4 is 17.7 Å². The Morgan fingerprint density at radius 3 is 2.48 bits per heavy atom. The first kappa shape index (κ1) is 16.5. The highest BCUT2D eigenvalue weighted by Gasteiger charge is 2.44. The van der Waals surface area contributed by atoms with Crippen molar-refractivity contribution in [3.8, 4) is 5.75 Å². The number of aliphatic hydroxyl groups is 1. The van der Waals surface area contributed by atoms with Crippen molar-refractivity contribution < 1.29 is 29.0 Å². The van der Waals surface area contributed by atoms with E-state index in [1.165, 1.54) is 21.1 Å². The molecule has 7 nitrogen and oxygen atoms in total. The van der Waals surface area contributed by atoms with Crippen LogP contribution in [0.1, 0.15) is 18.5 Å². The van der Waals surface area contributed by atoms with Crippen LogP contribution in [0.2, 0.25) is 0 Å². The van der Waals surface area contributed by atoms with Gasteiger partial charge in [-0.1, -0.05) is 18.2 Å². The van der Waals surface area contributed by atoms with Crippen LogP contribution in [-0.2, 0) is 19.1 Å².